The first-order valence-electron chi connectivity index (χ1n) is 5.47. The summed E-state index contributed by atoms with van der Waals surface area (Å²) in [7, 11) is 4.66. The van der Waals surface area contributed by atoms with Crippen molar-refractivity contribution in [2.24, 2.45) is 0 Å². The molecular weight excluding hydrogens is 238 g/mol. The van der Waals surface area contributed by atoms with Crippen LogP contribution >= 0.6 is 0 Å². The average molecular weight is 257 g/mol. The van der Waals surface area contributed by atoms with Gasteiger partial charge in [-0.1, -0.05) is 6.08 Å². The summed E-state index contributed by atoms with van der Waals surface area (Å²) in [6.07, 6.45) is 3.57. The molecule has 0 spiro atoms. The molecule has 1 atom stereocenters. The van der Waals surface area contributed by atoms with E-state index in [1.165, 1.54) is 18.0 Å². The van der Waals surface area contributed by atoms with E-state index in [1.807, 2.05) is 0 Å². The van der Waals surface area contributed by atoms with Gasteiger partial charge in [0.2, 0.25) is 5.91 Å². The fraction of sp³-hybridized carbons (Fsp3) is 0.545. The molecule has 0 aliphatic heterocycles. The van der Waals surface area contributed by atoms with Crippen molar-refractivity contribution in [3.63, 3.8) is 0 Å². The van der Waals surface area contributed by atoms with E-state index in [2.05, 4.69) is 10.6 Å². The van der Waals surface area contributed by atoms with Crippen LogP contribution in [-0.2, 0) is 9.59 Å². The number of nitrogens with one attached hydrogen (secondary N) is 2. The number of allylic oxidation sites excluding steroid dienone is 1. The van der Waals surface area contributed by atoms with Crippen molar-refractivity contribution in [1.29, 1.82) is 0 Å². The molecule has 0 aliphatic rings. The minimum atomic E-state index is -1.11. The fourth-order valence-corrected chi connectivity index (χ4v) is 1.08. The quantitative estimate of drug-likeness (QED) is 0.573. The van der Waals surface area contributed by atoms with E-state index >= 15 is 0 Å². The lowest BCUT2D eigenvalue weighted by molar-refractivity contribution is -0.139. The number of carboxylic acid groups (broad SMARTS) is 1. The van der Waals surface area contributed by atoms with Gasteiger partial charge in [0, 0.05) is 21.1 Å². The third-order valence-corrected chi connectivity index (χ3v) is 2.15. The van der Waals surface area contributed by atoms with Crippen molar-refractivity contribution in [2.75, 3.05) is 21.1 Å². The molecule has 0 fully saturated rings. The van der Waals surface area contributed by atoms with E-state index in [0.29, 0.717) is 6.42 Å². The summed E-state index contributed by atoms with van der Waals surface area (Å²) in [5.74, 6) is -1.27. The second kappa shape index (κ2) is 8.10. The van der Waals surface area contributed by atoms with Crippen LogP contribution in [0.1, 0.15) is 12.8 Å². The van der Waals surface area contributed by atoms with E-state index in [-0.39, 0.29) is 12.3 Å². The molecule has 18 heavy (non-hydrogen) atoms. The number of rotatable bonds is 6. The van der Waals surface area contributed by atoms with Crippen molar-refractivity contribution in [3.8, 4) is 0 Å². The van der Waals surface area contributed by atoms with E-state index in [4.69, 9.17) is 5.11 Å². The first kappa shape index (κ1) is 16.0. The number of nitrogens with zero attached hydrogens (tertiary/aromatic N) is 1. The van der Waals surface area contributed by atoms with Crippen LogP contribution in [0.2, 0.25) is 0 Å². The zero-order valence-electron chi connectivity index (χ0n) is 10.8. The van der Waals surface area contributed by atoms with E-state index < -0.39 is 18.0 Å². The normalized spacial score (nSPS) is 11.9. The monoisotopic (exact) mass is 257 g/mol. The molecule has 0 saturated heterocycles. The number of carboxylic acids is 1. The maximum Gasteiger partial charge on any atom is 0.326 e. The first-order chi connectivity index (χ1) is 8.38. The Hall–Kier alpha value is -2.05. The number of amides is 3. The molecule has 0 aromatic rings. The van der Waals surface area contributed by atoms with Gasteiger partial charge in [-0.3, -0.25) is 4.79 Å². The highest BCUT2D eigenvalue weighted by Gasteiger charge is 2.18. The molecule has 7 heteroatoms. The van der Waals surface area contributed by atoms with E-state index in [1.54, 1.807) is 20.2 Å². The van der Waals surface area contributed by atoms with Gasteiger partial charge in [-0.15, -0.1) is 0 Å². The number of hydrogen-bond acceptors (Lipinski definition) is 3. The SMILES string of the molecule is CNC(=O)N[C@@H](CC/C=C/C(=O)N(C)C)C(=O)O. The highest BCUT2D eigenvalue weighted by atomic mass is 16.4. The molecule has 7 nitrogen and oxygen atoms in total. The minimum Gasteiger partial charge on any atom is -0.480 e. The Morgan fingerprint density at radius 3 is 2.39 bits per heavy atom. The molecule has 0 bridgehead atoms. The van der Waals surface area contributed by atoms with Crippen LogP contribution in [0.15, 0.2) is 12.2 Å². The average Bonchev–Trinajstić information content (AvgIpc) is 2.31. The predicted octanol–water partition coefficient (Wildman–Crippen LogP) is -0.207. The molecule has 0 unspecified atom stereocenters. The van der Waals surface area contributed by atoms with Crippen molar-refractivity contribution >= 4 is 17.9 Å². The molecular formula is C11H19N3O4. The summed E-state index contributed by atoms with van der Waals surface area (Å²) in [6, 6.07) is -1.51. The van der Waals surface area contributed by atoms with Gasteiger partial charge < -0.3 is 20.6 Å². The summed E-state index contributed by atoms with van der Waals surface area (Å²) in [6.45, 7) is 0. The van der Waals surface area contributed by atoms with Gasteiger partial charge in [-0.05, 0) is 18.9 Å². The van der Waals surface area contributed by atoms with Crippen molar-refractivity contribution < 1.29 is 19.5 Å². The molecule has 0 saturated carbocycles. The number of aliphatic carboxylic acids is 1. The van der Waals surface area contributed by atoms with Gasteiger partial charge in [0.25, 0.3) is 0 Å². The molecule has 0 rings (SSSR count). The molecule has 0 aromatic carbocycles. The van der Waals surface area contributed by atoms with Gasteiger partial charge in [-0.25, -0.2) is 9.59 Å². The van der Waals surface area contributed by atoms with Gasteiger partial charge in [0.15, 0.2) is 0 Å². The van der Waals surface area contributed by atoms with Gasteiger partial charge >= 0.3 is 12.0 Å². The highest BCUT2D eigenvalue weighted by Crippen LogP contribution is 1.99. The summed E-state index contributed by atoms with van der Waals surface area (Å²) >= 11 is 0. The number of hydrogen-bond donors (Lipinski definition) is 3. The lowest BCUT2D eigenvalue weighted by Crippen LogP contribution is -2.44. The maximum absolute atomic E-state index is 11.2. The largest absolute Gasteiger partial charge is 0.480 e. The Morgan fingerprint density at radius 1 is 1.33 bits per heavy atom. The fourth-order valence-electron chi connectivity index (χ4n) is 1.08. The number of carbonyl (C=O) groups is 3. The van der Waals surface area contributed by atoms with Crippen LogP contribution in [0, 0.1) is 0 Å². The smallest absolute Gasteiger partial charge is 0.326 e. The third-order valence-electron chi connectivity index (χ3n) is 2.15. The molecule has 0 radical (unpaired) electrons. The van der Waals surface area contributed by atoms with E-state index in [0.717, 1.165) is 0 Å². The van der Waals surface area contributed by atoms with Crippen molar-refractivity contribution in [1.82, 2.24) is 15.5 Å². The van der Waals surface area contributed by atoms with Crippen LogP contribution in [0.3, 0.4) is 0 Å². The number of likely N-dealkylation sites (N-methyl/N-ethyl adjacent to an activating group) is 1. The molecule has 0 aromatic heterocycles. The molecule has 0 heterocycles. The standard InChI is InChI=1S/C11H19N3O4/c1-12-11(18)13-8(10(16)17)6-4-5-7-9(15)14(2)3/h5,7-8H,4,6H2,1-3H3,(H,16,17)(H2,12,13,18)/b7-5+/t8-/m0/s1. The molecule has 3 N–H and O–H groups in total. The molecule has 3 amide bonds. The summed E-state index contributed by atoms with van der Waals surface area (Å²) in [5, 5.41) is 13.5. The zero-order valence-corrected chi connectivity index (χ0v) is 10.8. The second-order valence-electron chi connectivity index (χ2n) is 3.83. The van der Waals surface area contributed by atoms with Gasteiger partial charge in [0.05, 0.1) is 0 Å². The first-order valence-corrected chi connectivity index (χ1v) is 5.47. The molecule has 0 aliphatic carbocycles. The number of urea groups is 1. The molecule has 102 valence electrons. The summed E-state index contributed by atoms with van der Waals surface area (Å²) in [4.78, 5) is 34.4. The van der Waals surface area contributed by atoms with Crippen molar-refractivity contribution in [2.45, 2.75) is 18.9 Å². The van der Waals surface area contributed by atoms with Gasteiger partial charge in [-0.2, -0.15) is 0 Å². The Kier molecular flexibility index (Phi) is 7.18. The van der Waals surface area contributed by atoms with E-state index in [9.17, 15) is 14.4 Å². The summed E-state index contributed by atoms with van der Waals surface area (Å²) in [5.41, 5.74) is 0. The highest BCUT2D eigenvalue weighted by molar-refractivity contribution is 5.87. The maximum atomic E-state index is 11.2. The lowest BCUT2D eigenvalue weighted by Gasteiger charge is -2.12. The minimum absolute atomic E-state index is 0.166. The Balaban J connectivity index is 4.17. The Bertz CT molecular complexity index is 339. The summed E-state index contributed by atoms with van der Waals surface area (Å²) < 4.78 is 0. The third kappa shape index (κ3) is 6.51. The predicted molar refractivity (Wildman–Crippen MR) is 66.1 cm³/mol. The Morgan fingerprint density at radius 2 is 1.94 bits per heavy atom. The zero-order chi connectivity index (χ0) is 14.1. The van der Waals surface area contributed by atoms with Crippen LogP contribution in [0.25, 0.3) is 0 Å². The lowest BCUT2D eigenvalue weighted by atomic mass is 10.1. The van der Waals surface area contributed by atoms with Crippen LogP contribution in [0.4, 0.5) is 4.79 Å². The van der Waals surface area contributed by atoms with Crippen LogP contribution in [0.5, 0.6) is 0 Å². The topological polar surface area (TPSA) is 98.7 Å². The Labute approximate surface area is 106 Å². The van der Waals surface area contributed by atoms with Crippen LogP contribution in [-0.4, -0.2) is 55.1 Å². The van der Waals surface area contributed by atoms with Gasteiger partial charge in [0.1, 0.15) is 6.04 Å². The van der Waals surface area contributed by atoms with Crippen LogP contribution < -0.4 is 10.6 Å². The second-order valence-corrected chi connectivity index (χ2v) is 3.83. The number of carbonyl (C=O) groups excluding carboxylic acids is 2. The van der Waals surface area contributed by atoms with Crippen molar-refractivity contribution in [3.05, 3.63) is 12.2 Å².